The highest BCUT2D eigenvalue weighted by molar-refractivity contribution is 6.10. The fraction of sp³-hybridized carbons (Fsp3) is 0.818. The normalized spacial score (nSPS) is 32.1. The van der Waals surface area contributed by atoms with Crippen LogP contribution < -0.4 is 5.73 Å². The number of likely N-dealkylation sites (tertiary alicyclic amines) is 1. The molecule has 0 spiro atoms. The minimum atomic E-state index is -0.0848. The third-order valence-corrected chi connectivity index (χ3v) is 3.73. The monoisotopic (exact) mass is 210 g/mol. The van der Waals surface area contributed by atoms with Gasteiger partial charge in [-0.3, -0.25) is 14.5 Å². The second-order valence-corrected chi connectivity index (χ2v) is 5.10. The van der Waals surface area contributed by atoms with Crippen molar-refractivity contribution in [1.82, 2.24) is 4.90 Å². The molecular formula is C11H18N2O2. The number of nitrogens with zero attached hydrogens (tertiary/aromatic N) is 1. The van der Waals surface area contributed by atoms with Gasteiger partial charge in [-0.15, -0.1) is 0 Å². The van der Waals surface area contributed by atoms with E-state index in [2.05, 4.69) is 0 Å². The minimum Gasteiger partial charge on any atom is -0.330 e. The smallest absolute Gasteiger partial charge is 0.233 e. The van der Waals surface area contributed by atoms with Gasteiger partial charge >= 0.3 is 0 Å². The number of amides is 2. The third-order valence-electron chi connectivity index (χ3n) is 3.73. The van der Waals surface area contributed by atoms with Gasteiger partial charge in [-0.2, -0.15) is 0 Å². The summed E-state index contributed by atoms with van der Waals surface area (Å²) in [4.78, 5) is 25.1. The van der Waals surface area contributed by atoms with Crippen LogP contribution in [0.3, 0.4) is 0 Å². The van der Waals surface area contributed by atoms with Gasteiger partial charge in [0.1, 0.15) is 0 Å². The Morgan fingerprint density at radius 2 is 1.73 bits per heavy atom. The Morgan fingerprint density at radius 1 is 1.20 bits per heavy atom. The van der Waals surface area contributed by atoms with E-state index in [0.717, 1.165) is 12.8 Å². The summed E-state index contributed by atoms with van der Waals surface area (Å²) in [5, 5.41) is 0. The summed E-state index contributed by atoms with van der Waals surface area (Å²) in [5.41, 5.74) is 5.29. The summed E-state index contributed by atoms with van der Waals surface area (Å²) < 4.78 is 0. The van der Waals surface area contributed by atoms with Crippen molar-refractivity contribution in [1.29, 1.82) is 0 Å². The first-order valence-corrected chi connectivity index (χ1v) is 5.57. The van der Waals surface area contributed by atoms with Crippen molar-refractivity contribution < 1.29 is 9.59 Å². The first kappa shape index (κ1) is 10.6. The standard InChI is InChI=1S/C11H18N2O2/c1-11(2)7-8(11)10(15)13(9(7)14)6-4-3-5-12/h7-8H,3-6,12H2,1-2H3. The summed E-state index contributed by atoms with van der Waals surface area (Å²) in [5.74, 6) is -0.00945. The summed E-state index contributed by atoms with van der Waals surface area (Å²) in [7, 11) is 0. The summed E-state index contributed by atoms with van der Waals surface area (Å²) in [6.07, 6.45) is 1.70. The van der Waals surface area contributed by atoms with Crippen LogP contribution in [-0.2, 0) is 9.59 Å². The SMILES string of the molecule is CC1(C)C2C(=O)N(CCCCN)C(=O)C21. The minimum absolute atomic E-state index is 0.0343. The van der Waals surface area contributed by atoms with Gasteiger partial charge in [-0.05, 0) is 24.8 Å². The van der Waals surface area contributed by atoms with Crippen LogP contribution >= 0.6 is 0 Å². The topological polar surface area (TPSA) is 63.4 Å². The molecule has 1 aliphatic carbocycles. The van der Waals surface area contributed by atoms with Crippen molar-refractivity contribution in [2.75, 3.05) is 13.1 Å². The Balaban J connectivity index is 1.96. The zero-order valence-electron chi connectivity index (χ0n) is 9.32. The maximum Gasteiger partial charge on any atom is 0.233 e. The van der Waals surface area contributed by atoms with Gasteiger partial charge in [-0.1, -0.05) is 13.8 Å². The Labute approximate surface area is 89.8 Å². The molecule has 2 aliphatic rings. The molecule has 4 nitrogen and oxygen atoms in total. The number of hydrogen-bond acceptors (Lipinski definition) is 3. The molecule has 0 aromatic rings. The van der Waals surface area contributed by atoms with Crippen LogP contribution in [0.25, 0.3) is 0 Å². The predicted octanol–water partition coefficient (Wildman–Crippen LogP) is 0.366. The lowest BCUT2D eigenvalue weighted by atomic mass is 10.1. The maximum absolute atomic E-state index is 11.8. The van der Waals surface area contributed by atoms with Crippen LogP contribution in [-0.4, -0.2) is 29.8 Å². The fourth-order valence-corrected chi connectivity index (χ4v) is 2.64. The Kier molecular flexibility index (Phi) is 2.34. The molecule has 1 heterocycles. The van der Waals surface area contributed by atoms with E-state index in [1.54, 1.807) is 0 Å². The van der Waals surface area contributed by atoms with Gasteiger partial charge in [-0.25, -0.2) is 0 Å². The number of nitrogens with two attached hydrogens (primary N) is 1. The second kappa shape index (κ2) is 3.30. The molecule has 1 saturated carbocycles. The molecule has 84 valence electrons. The fourth-order valence-electron chi connectivity index (χ4n) is 2.64. The molecule has 4 heteroatoms. The number of carbonyl (C=O) groups excluding carboxylic acids is 2. The van der Waals surface area contributed by atoms with Gasteiger partial charge in [0.25, 0.3) is 0 Å². The Hall–Kier alpha value is -0.900. The molecule has 15 heavy (non-hydrogen) atoms. The Bertz CT molecular complexity index is 288. The first-order valence-electron chi connectivity index (χ1n) is 5.57. The van der Waals surface area contributed by atoms with Crippen molar-refractivity contribution in [3.8, 4) is 0 Å². The number of carbonyl (C=O) groups is 2. The molecule has 0 aromatic heterocycles. The number of piperidine rings is 1. The molecule has 2 N–H and O–H groups in total. The number of unbranched alkanes of at least 4 members (excludes halogenated alkanes) is 1. The third kappa shape index (κ3) is 1.39. The van der Waals surface area contributed by atoms with Crippen LogP contribution in [0.5, 0.6) is 0 Å². The van der Waals surface area contributed by atoms with Gasteiger partial charge in [0.15, 0.2) is 0 Å². The highest BCUT2D eigenvalue weighted by Gasteiger charge is 2.72. The number of hydrogen-bond donors (Lipinski definition) is 1. The Morgan fingerprint density at radius 3 is 2.20 bits per heavy atom. The second-order valence-electron chi connectivity index (χ2n) is 5.10. The highest BCUT2D eigenvalue weighted by atomic mass is 16.2. The van der Waals surface area contributed by atoms with Gasteiger partial charge in [0, 0.05) is 6.54 Å². The molecule has 2 amide bonds. The van der Waals surface area contributed by atoms with E-state index in [-0.39, 0.29) is 29.1 Å². The van der Waals surface area contributed by atoms with Crippen LogP contribution in [0.1, 0.15) is 26.7 Å². The number of rotatable bonds is 4. The van der Waals surface area contributed by atoms with E-state index in [4.69, 9.17) is 5.73 Å². The summed E-state index contributed by atoms with van der Waals surface area (Å²) in [6, 6.07) is 0. The molecule has 0 radical (unpaired) electrons. The number of imide groups is 1. The van der Waals surface area contributed by atoms with Gasteiger partial charge < -0.3 is 5.73 Å². The molecule has 2 unspecified atom stereocenters. The van der Waals surface area contributed by atoms with Crippen molar-refractivity contribution in [2.24, 2.45) is 23.0 Å². The summed E-state index contributed by atoms with van der Waals surface area (Å²) >= 11 is 0. The lowest BCUT2D eigenvalue weighted by molar-refractivity contribution is -0.143. The van der Waals surface area contributed by atoms with Crippen molar-refractivity contribution in [3.05, 3.63) is 0 Å². The maximum atomic E-state index is 11.8. The largest absolute Gasteiger partial charge is 0.330 e. The molecule has 2 fully saturated rings. The molecule has 1 aliphatic heterocycles. The van der Waals surface area contributed by atoms with Crippen molar-refractivity contribution in [3.63, 3.8) is 0 Å². The van der Waals surface area contributed by atoms with Crippen LogP contribution in [0.2, 0.25) is 0 Å². The zero-order chi connectivity index (χ0) is 11.2. The van der Waals surface area contributed by atoms with Crippen molar-refractivity contribution in [2.45, 2.75) is 26.7 Å². The average molecular weight is 210 g/mol. The van der Waals surface area contributed by atoms with Gasteiger partial charge in [0.2, 0.25) is 11.8 Å². The van der Waals surface area contributed by atoms with E-state index >= 15 is 0 Å². The number of fused-ring (bicyclic) bond motifs is 1. The predicted molar refractivity (Wildman–Crippen MR) is 55.8 cm³/mol. The molecule has 0 aromatic carbocycles. The first-order chi connectivity index (χ1) is 7.01. The van der Waals surface area contributed by atoms with E-state index in [9.17, 15) is 9.59 Å². The average Bonchev–Trinajstić information content (AvgIpc) is 2.63. The molecule has 0 bridgehead atoms. The van der Waals surface area contributed by atoms with E-state index in [0.29, 0.717) is 13.1 Å². The van der Waals surface area contributed by atoms with Crippen molar-refractivity contribution >= 4 is 11.8 Å². The van der Waals surface area contributed by atoms with Crippen LogP contribution in [0.15, 0.2) is 0 Å². The lowest BCUT2D eigenvalue weighted by Gasteiger charge is -2.20. The quantitative estimate of drug-likeness (QED) is 0.538. The van der Waals surface area contributed by atoms with Crippen LogP contribution in [0, 0.1) is 17.3 Å². The van der Waals surface area contributed by atoms with E-state index < -0.39 is 0 Å². The highest BCUT2D eigenvalue weighted by Crippen LogP contribution is 2.63. The van der Waals surface area contributed by atoms with E-state index in [1.165, 1.54) is 4.90 Å². The molecule has 1 saturated heterocycles. The zero-order valence-corrected chi connectivity index (χ0v) is 9.32. The molecule has 2 atom stereocenters. The van der Waals surface area contributed by atoms with Crippen LogP contribution in [0.4, 0.5) is 0 Å². The molecular weight excluding hydrogens is 192 g/mol. The molecule has 2 rings (SSSR count). The van der Waals surface area contributed by atoms with Gasteiger partial charge in [0.05, 0.1) is 11.8 Å². The lowest BCUT2D eigenvalue weighted by Crippen LogP contribution is -2.37. The van der Waals surface area contributed by atoms with E-state index in [1.807, 2.05) is 13.8 Å². The summed E-state index contributed by atoms with van der Waals surface area (Å²) in [6.45, 7) is 5.16.